The zero-order valence-electron chi connectivity index (χ0n) is 9.35. The minimum atomic E-state index is -1.45. The van der Waals surface area contributed by atoms with Gasteiger partial charge in [0, 0.05) is 6.04 Å². The highest BCUT2D eigenvalue weighted by Crippen LogP contribution is 2.31. The van der Waals surface area contributed by atoms with Crippen LogP contribution in [-0.2, 0) is 0 Å². The Kier molecular flexibility index (Phi) is 3.14. The molecule has 1 aliphatic rings. The number of nitro benzene ring substituents is 1. The standard InChI is InChI=1S/C11H11FN2O4/c12-8-5-10(14(17)18)9(4-7(8)11(15)16)13-6-2-1-3-6/h4-6,13H,1-3H2,(H,15,16). The number of anilines is 1. The van der Waals surface area contributed by atoms with Crippen LogP contribution in [0.25, 0.3) is 0 Å². The van der Waals surface area contributed by atoms with Crippen molar-refractivity contribution in [1.82, 2.24) is 0 Å². The summed E-state index contributed by atoms with van der Waals surface area (Å²) in [5.74, 6) is -2.55. The number of hydrogen-bond acceptors (Lipinski definition) is 4. The van der Waals surface area contributed by atoms with Crippen LogP contribution in [0, 0.1) is 15.9 Å². The van der Waals surface area contributed by atoms with Crippen LogP contribution in [0.5, 0.6) is 0 Å². The Balaban J connectivity index is 2.41. The fraction of sp³-hybridized carbons (Fsp3) is 0.364. The molecule has 0 amide bonds. The zero-order valence-corrected chi connectivity index (χ0v) is 9.35. The van der Waals surface area contributed by atoms with Gasteiger partial charge in [0.2, 0.25) is 0 Å². The van der Waals surface area contributed by atoms with Gasteiger partial charge < -0.3 is 10.4 Å². The summed E-state index contributed by atoms with van der Waals surface area (Å²) in [5, 5.41) is 22.5. The monoisotopic (exact) mass is 254 g/mol. The number of benzene rings is 1. The Morgan fingerprint density at radius 2 is 2.17 bits per heavy atom. The average Bonchev–Trinajstić information content (AvgIpc) is 2.23. The molecule has 0 aromatic heterocycles. The first-order valence-corrected chi connectivity index (χ1v) is 5.47. The summed E-state index contributed by atoms with van der Waals surface area (Å²) in [6.07, 6.45) is 2.77. The molecule has 1 aromatic carbocycles. The fourth-order valence-corrected chi connectivity index (χ4v) is 1.77. The number of rotatable bonds is 4. The maximum atomic E-state index is 13.4. The molecule has 0 heterocycles. The second-order valence-corrected chi connectivity index (χ2v) is 4.18. The van der Waals surface area contributed by atoms with Gasteiger partial charge in [0.25, 0.3) is 5.69 Å². The third-order valence-corrected chi connectivity index (χ3v) is 2.98. The minimum Gasteiger partial charge on any atom is -0.478 e. The molecule has 6 nitrogen and oxygen atoms in total. The first-order chi connectivity index (χ1) is 8.49. The summed E-state index contributed by atoms with van der Waals surface area (Å²) >= 11 is 0. The molecule has 7 heteroatoms. The topological polar surface area (TPSA) is 92.5 Å². The number of carbonyl (C=O) groups is 1. The van der Waals surface area contributed by atoms with Gasteiger partial charge in [-0.1, -0.05) is 0 Å². The van der Waals surface area contributed by atoms with Gasteiger partial charge in [-0.2, -0.15) is 0 Å². The van der Waals surface area contributed by atoms with Gasteiger partial charge in [-0.05, 0) is 25.3 Å². The van der Waals surface area contributed by atoms with Gasteiger partial charge in [0.15, 0.2) is 0 Å². The average molecular weight is 254 g/mol. The summed E-state index contributed by atoms with van der Waals surface area (Å²) in [6, 6.07) is 1.72. The van der Waals surface area contributed by atoms with E-state index in [-0.39, 0.29) is 11.7 Å². The lowest BCUT2D eigenvalue weighted by Gasteiger charge is -2.27. The number of nitrogens with one attached hydrogen (secondary N) is 1. The summed E-state index contributed by atoms with van der Waals surface area (Å²) in [7, 11) is 0. The van der Waals surface area contributed by atoms with Crippen LogP contribution in [0.3, 0.4) is 0 Å². The first kappa shape index (κ1) is 12.3. The summed E-state index contributed by atoms with van der Waals surface area (Å²) < 4.78 is 13.4. The van der Waals surface area contributed by atoms with Crippen LogP contribution >= 0.6 is 0 Å². The van der Waals surface area contributed by atoms with Crippen LogP contribution in [0.1, 0.15) is 29.6 Å². The van der Waals surface area contributed by atoms with Crippen LogP contribution in [0.2, 0.25) is 0 Å². The number of aromatic carboxylic acids is 1. The molecule has 0 radical (unpaired) electrons. The molecule has 0 aliphatic heterocycles. The van der Waals surface area contributed by atoms with Gasteiger partial charge in [0.05, 0.1) is 16.6 Å². The van der Waals surface area contributed by atoms with E-state index in [2.05, 4.69) is 5.32 Å². The summed E-state index contributed by atoms with van der Waals surface area (Å²) in [4.78, 5) is 20.9. The molecule has 0 spiro atoms. The van der Waals surface area contributed by atoms with Crippen molar-refractivity contribution in [3.05, 3.63) is 33.6 Å². The number of hydrogen-bond donors (Lipinski definition) is 2. The summed E-state index contributed by atoms with van der Waals surface area (Å²) in [6.45, 7) is 0. The van der Waals surface area contributed by atoms with E-state index in [0.717, 1.165) is 25.3 Å². The van der Waals surface area contributed by atoms with E-state index in [1.807, 2.05) is 0 Å². The third kappa shape index (κ3) is 2.24. The van der Waals surface area contributed by atoms with Crippen molar-refractivity contribution >= 4 is 17.3 Å². The molecule has 1 saturated carbocycles. The molecule has 2 N–H and O–H groups in total. The highest BCUT2D eigenvalue weighted by atomic mass is 19.1. The molecular weight excluding hydrogens is 243 g/mol. The minimum absolute atomic E-state index is 0.0588. The van der Waals surface area contributed by atoms with Gasteiger partial charge in [0.1, 0.15) is 11.5 Å². The third-order valence-electron chi connectivity index (χ3n) is 2.98. The lowest BCUT2D eigenvalue weighted by molar-refractivity contribution is -0.384. The van der Waals surface area contributed by atoms with Crippen LogP contribution in [-0.4, -0.2) is 22.0 Å². The van der Waals surface area contributed by atoms with Gasteiger partial charge in [-0.3, -0.25) is 10.1 Å². The van der Waals surface area contributed by atoms with Crippen molar-refractivity contribution in [2.24, 2.45) is 0 Å². The van der Waals surface area contributed by atoms with Gasteiger partial charge >= 0.3 is 5.97 Å². The van der Waals surface area contributed by atoms with E-state index >= 15 is 0 Å². The van der Waals surface area contributed by atoms with Crippen molar-refractivity contribution in [3.8, 4) is 0 Å². The van der Waals surface area contributed by atoms with Gasteiger partial charge in [-0.25, -0.2) is 9.18 Å². The number of carboxylic acids is 1. The number of nitrogens with zero attached hydrogens (tertiary/aromatic N) is 1. The Morgan fingerprint density at radius 1 is 1.50 bits per heavy atom. The number of carboxylic acid groups (broad SMARTS) is 1. The molecule has 0 saturated heterocycles. The SMILES string of the molecule is O=C(O)c1cc(NC2CCC2)c([N+](=O)[O-])cc1F. The first-order valence-electron chi connectivity index (χ1n) is 5.47. The Labute approximate surface area is 102 Å². The highest BCUT2D eigenvalue weighted by Gasteiger charge is 2.25. The fourth-order valence-electron chi connectivity index (χ4n) is 1.77. The van der Waals surface area contributed by atoms with Crippen molar-refractivity contribution in [3.63, 3.8) is 0 Å². The maximum absolute atomic E-state index is 13.4. The normalized spacial score (nSPS) is 14.9. The Morgan fingerprint density at radius 3 is 2.61 bits per heavy atom. The van der Waals surface area contributed by atoms with E-state index in [4.69, 9.17) is 5.11 Å². The van der Waals surface area contributed by atoms with Crippen LogP contribution in [0.4, 0.5) is 15.8 Å². The summed E-state index contributed by atoms with van der Waals surface area (Å²) in [5.41, 5.74) is -0.949. The van der Waals surface area contributed by atoms with Crippen molar-refractivity contribution in [2.45, 2.75) is 25.3 Å². The van der Waals surface area contributed by atoms with Crippen molar-refractivity contribution in [2.75, 3.05) is 5.32 Å². The lowest BCUT2D eigenvalue weighted by atomic mass is 9.93. The Hall–Kier alpha value is -2.18. The largest absolute Gasteiger partial charge is 0.478 e. The van der Waals surface area contributed by atoms with Crippen LogP contribution < -0.4 is 5.32 Å². The number of halogens is 1. The number of nitro groups is 1. The van der Waals surface area contributed by atoms with Gasteiger partial charge in [-0.15, -0.1) is 0 Å². The predicted molar refractivity (Wildman–Crippen MR) is 61.3 cm³/mol. The zero-order chi connectivity index (χ0) is 13.3. The van der Waals surface area contributed by atoms with E-state index < -0.39 is 28.0 Å². The van der Waals surface area contributed by atoms with E-state index in [9.17, 15) is 19.3 Å². The molecule has 0 unspecified atom stereocenters. The molecule has 1 aliphatic carbocycles. The lowest BCUT2D eigenvalue weighted by Crippen LogP contribution is -2.27. The molecule has 0 atom stereocenters. The van der Waals surface area contributed by atoms with Crippen molar-refractivity contribution in [1.29, 1.82) is 0 Å². The maximum Gasteiger partial charge on any atom is 0.338 e. The molecule has 96 valence electrons. The second kappa shape index (κ2) is 4.59. The quantitative estimate of drug-likeness (QED) is 0.635. The highest BCUT2D eigenvalue weighted by molar-refractivity contribution is 5.90. The molecule has 0 bridgehead atoms. The van der Waals surface area contributed by atoms with Crippen LogP contribution in [0.15, 0.2) is 12.1 Å². The second-order valence-electron chi connectivity index (χ2n) is 4.18. The molecule has 2 rings (SSSR count). The molecule has 1 fully saturated rings. The van der Waals surface area contributed by atoms with E-state index in [0.29, 0.717) is 6.07 Å². The predicted octanol–water partition coefficient (Wildman–Crippen LogP) is 2.40. The smallest absolute Gasteiger partial charge is 0.338 e. The van der Waals surface area contributed by atoms with Crippen molar-refractivity contribution < 1.29 is 19.2 Å². The van der Waals surface area contributed by atoms with E-state index in [1.165, 1.54) is 0 Å². The Bertz CT molecular complexity index is 514. The molecule has 18 heavy (non-hydrogen) atoms. The molecular formula is C11H11FN2O4. The van der Waals surface area contributed by atoms with E-state index in [1.54, 1.807) is 0 Å². The molecule has 1 aromatic rings.